The van der Waals surface area contributed by atoms with Crippen LogP contribution in [0.15, 0.2) is 30.6 Å². The van der Waals surface area contributed by atoms with E-state index in [9.17, 15) is 22.4 Å². The maximum Gasteiger partial charge on any atom is 0.573 e. The van der Waals surface area contributed by atoms with Crippen molar-refractivity contribution in [2.45, 2.75) is 51.2 Å². The lowest BCUT2D eigenvalue weighted by molar-refractivity contribution is -0.274. The number of anilines is 2. The summed E-state index contributed by atoms with van der Waals surface area (Å²) >= 11 is 0. The van der Waals surface area contributed by atoms with Crippen molar-refractivity contribution in [3.63, 3.8) is 0 Å². The summed E-state index contributed by atoms with van der Waals surface area (Å²) in [6.07, 6.45) is -2.85. The highest BCUT2D eigenvalue weighted by Crippen LogP contribution is 2.46. The van der Waals surface area contributed by atoms with Crippen molar-refractivity contribution in [1.82, 2.24) is 19.8 Å². The van der Waals surface area contributed by atoms with Crippen LogP contribution in [-0.4, -0.2) is 97.5 Å². The first-order valence-corrected chi connectivity index (χ1v) is 14.9. The molecule has 0 spiro atoms. The highest BCUT2D eigenvalue weighted by molar-refractivity contribution is 5.91. The summed E-state index contributed by atoms with van der Waals surface area (Å²) < 4.78 is 79.2. The Morgan fingerprint density at radius 3 is 2.61 bits per heavy atom. The molecule has 248 valence electrons. The lowest BCUT2D eigenvalue weighted by atomic mass is 9.97. The van der Waals surface area contributed by atoms with Crippen LogP contribution < -0.4 is 19.3 Å². The summed E-state index contributed by atoms with van der Waals surface area (Å²) in [5, 5.41) is 0. The highest BCUT2D eigenvalue weighted by atomic mass is 19.4. The number of halogens is 5. The van der Waals surface area contributed by atoms with Crippen molar-refractivity contribution in [3.05, 3.63) is 59.1 Å². The Hall–Kier alpha value is -4.19. The molecule has 3 heterocycles. The van der Waals surface area contributed by atoms with Gasteiger partial charge < -0.3 is 33.9 Å². The number of carbonyl (C=O) groups excluding carboxylic acids is 1. The minimum atomic E-state index is -5.03. The fraction of sp³-hybridized carbons (Fsp3) is 0.548. The molecule has 1 aliphatic carbocycles. The zero-order valence-electron chi connectivity index (χ0n) is 25.9. The van der Waals surface area contributed by atoms with Gasteiger partial charge in [0.1, 0.15) is 23.4 Å². The van der Waals surface area contributed by atoms with E-state index in [1.54, 1.807) is 6.92 Å². The molecule has 1 amide bonds. The molecule has 3 aliphatic rings. The van der Waals surface area contributed by atoms with Gasteiger partial charge in [-0.05, 0) is 52.4 Å². The molecule has 1 saturated carbocycles. The van der Waals surface area contributed by atoms with Gasteiger partial charge in [0.2, 0.25) is 6.54 Å². The molecule has 2 fully saturated rings. The number of fused-ring (bicyclic) bond motifs is 1. The third kappa shape index (κ3) is 7.27. The standard InChI is InChI=1S/C31H36F5N7O3/c1-19-13-22-24(16-43(19)26-23(33)7-6-8-25(26)46-31(34,35)36)38-29(45-18-30(9-10-30)17-40(4)5)39-27(22)41-11-12-42(28(44)20(2)32)21(15-41)14-37-3/h6-8,19,21H,2,9-18H2,1,4-5H3/t19?,21-/m0/s1. The molecule has 0 radical (unpaired) electrons. The Morgan fingerprint density at radius 1 is 1.24 bits per heavy atom. The third-order valence-corrected chi connectivity index (χ3v) is 8.56. The largest absolute Gasteiger partial charge is 0.573 e. The van der Waals surface area contributed by atoms with E-state index in [1.165, 1.54) is 9.80 Å². The third-order valence-electron chi connectivity index (χ3n) is 8.56. The maximum absolute atomic E-state index is 15.2. The molecule has 1 aromatic carbocycles. The second kappa shape index (κ2) is 12.9. The summed E-state index contributed by atoms with van der Waals surface area (Å²) in [5.41, 5.74) is 0.742. The number of ether oxygens (including phenoxy) is 2. The molecule has 1 unspecified atom stereocenters. The van der Waals surface area contributed by atoms with E-state index in [0.29, 0.717) is 23.7 Å². The Labute approximate surface area is 264 Å². The van der Waals surface area contributed by atoms with Gasteiger partial charge in [-0.15, -0.1) is 13.2 Å². The first kappa shape index (κ1) is 33.2. The monoisotopic (exact) mass is 649 g/mol. The molecule has 15 heteroatoms. The zero-order valence-corrected chi connectivity index (χ0v) is 25.9. The molecule has 0 bridgehead atoms. The smallest absolute Gasteiger partial charge is 0.463 e. The summed E-state index contributed by atoms with van der Waals surface area (Å²) in [4.78, 5) is 32.1. The predicted molar refractivity (Wildman–Crippen MR) is 160 cm³/mol. The van der Waals surface area contributed by atoms with Crippen LogP contribution >= 0.6 is 0 Å². The normalized spacial score (nSPS) is 20.7. The van der Waals surface area contributed by atoms with E-state index >= 15 is 4.39 Å². The number of nitrogens with zero attached hydrogens (tertiary/aromatic N) is 7. The molecule has 2 atom stereocenters. The number of aromatic nitrogens is 2. The first-order valence-electron chi connectivity index (χ1n) is 14.9. The summed E-state index contributed by atoms with van der Waals surface area (Å²) in [5.74, 6) is -3.03. The second-order valence-electron chi connectivity index (χ2n) is 12.4. The molecule has 46 heavy (non-hydrogen) atoms. The Bertz CT molecular complexity index is 1530. The van der Waals surface area contributed by atoms with E-state index in [1.807, 2.05) is 19.0 Å². The molecular formula is C31H36F5N7O3. The zero-order chi connectivity index (χ0) is 33.4. The molecule has 2 aliphatic heterocycles. The fourth-order valence-electron chi connectivity index (χ4n) is 6.31. The molecule has 10 nitrogen and oxygen atoms in total. The van der Waals surface area contributed by atoms with Gasteiger partial charge in [-0.1, -0.05) is 12.6 Å². The van der Waals surface area contributed by atoms with Crippen molar-refractivity contribution in [3.8, 4) is 11.8 Å². The van der Waals surface area contributed by atoms with Gasteiger partial charge in [-0.3, -0.25) is 4.79 Å². The minimum absolute atomic E-state index is 0.0536. The van der Waals surface area contributed by atoms with E-state index in [-0.39, 0.29) is 56.3 Å². The summed E-state index contributed by atoms with van der Waals surface area (Å²) in [7, 11) is 3.95. The van der Waals surface area contributed by atoms with E-state index < -0.39 is 41.7 Å². The number of para-hydroxylation sites is 1. The highest BCUT2D eigenvalue weighted by Gasteiger charge is 2.44. The Balaban J connectivity index is 1.52. The number of amides is 1. The van der Waals surface area contributed by atoms with Crippen LogP contribution in [0, 0.1) is 17.8 Å². The number of alkyl halides is 3. The van der Waals surface area contributed by atoms with Crippen LogP contribution in [-0.2, 0) is 17.8 Å². The van der Waals surface area contributed by atoms with Gasteiger partial charge >= 0.3 is 12.4 Å². The number of hydrogen-bond donors (Lipinski definition) is 0. The van der Waals surface area contributed by atoms with Gasteiger partial charge in [0.25, 0.3) is 5.91 Å². The number of piperazine rings is 1. The lowest BCUT2D eigenvalue weighted by Gasteiger charge is -2.42. The van der Waals surface area contributed by atoms with Crippen molar-refractivity contribution >= 4 is 17.4 Å². The van der Waals surface area contributed by atoms with Crippen LogP contribution in [0.3, 0.4) is 0 Å². The first-order chi connectivity index (χ1) is 21.7. The van der Waals surface area contributed by atoms with Crippen molar-refractivity contribution in [2.24, 2.45) is 5.41 Å². The molecule has 2 aromatic rings. The fourth-order valence-corrected chi connectivity index (χ4v) is 6.31. The lowest BCUT2D eigenvalue weighted by Crippen LogP contribution is -2.57. The Morgan fingerprint density at radius 2 is 1.98 bits per heavy atom. The number of hydrogen-bond acceptors (Lipinski definition) is 8. The minimum Gasteiger partial charge on any atom is -0.463 e. The summed E-state index contributed by atoms with van der Waals surface area (Å²) in [6.45, 7) is 13.8. The molecule has 5 rings (SSSR count). The number of benzene rings is 1. The van der Waals surface area contributed by atoms with Gasteiger partial charge in [-0.25, -0.2) is 15.4 Å². The van der Waals surface area contributed by atoms with Crippen LogP contribution in [0.2, 0.25) is 0 Å². The van der Waals surface area contributed by atoms with Gasteiger partial charge in [0.15, 0.2) is 11.6 Å². The SMILES string of the molecule is [C-]#[N+]C[C@H]1CN(c2nc(OCC3(CN(C)C)CC3)nc3c2CC(C)N(c2c(F)cccc2OC(F)(F)F)C3)CCN1C(=O)C(=C)F. The second-order valence-corrected chi connectivity index (χ2v) is 12.4. The predicted octanol–water partition coefficient (Wildman–Crippen LogP) is 4.61. The van der Waals surface area contributed by atoms with Crippen molar-refractivity contribution in [1.29, 1.82) is 0 Å². The van der Waals surface area contributed by atoms with Crippen LogP contribution in [0.1, 0.15) is 31.0 Å². The topological polar surface area (TPSA) is 78.6 Å². The van der Waals surface area contributed by atoms with Crippen molar-refractivity contribution < 1.29 is 36.2 Å². The quantitative estimate of drug-likeness (QED) is 0.210. The maximum atomic E-state index is 15.2. The number of carbonyl (C=O) groups is 1. The van der Waals surface area contributed by atoms with Crippen LogP contribution in [0.5, 0.6) is 11.8 Å². The molecular weight excluding hydrogens is 613 g/mol. The van der Waals surface area contributed by atoms with Crippen LogP contribution in [0.4, 0.5) is 33.5 Å². The van der Waals surface area contributed by atoms with E-state index in [4.69, 9.17) is 16.3 Å². The number of rotatable bonds is 10. The van der Waals surface area contributed by atoms with Crippen LogP contribution in [0.25, 0.3) is 4.85 Å². The van der Waals surface area contributed by atoms with Crippen molar-refractivity contribution in [2.75, 3.05) is 63.2 Å². The molecule has 0 N–H and O–H groups in total. The van der Waals surface area contributed by atoms with Gasteiger partial charge in [0.05, 0.1) is 18.8 Å². The van der Waals surface area contributed by atoms with E-state index in [2.05, 4.69) is 26.0 Å². The average Bonchev–Trinajstić information content (AvgIpc) is 3.73. The Kier molecular flexibility index (Phi) is 9.30. The summed E-state index contributed by atoms with van der Waals surface area (Å²) in [6, 6.07) is 2.21. The van der Waals surface area contributed by atoms with E-state index in [0.717, 1.165) is 37.6 Å². The molecule has 1 saturated heterocycles. The van der Waals surface area contributed by atoms with Gasteiger partial charge in [-0.2, -0.15) is 9.97 Å². The van der Waals surface area contributed by atoms with Gasteiger partial charge in [0, 0.05) is 43.2 Å². The average molecular weight is 650 g/mol. The molecule has 1 aromatic heterocycles.